The predicted molar refractivity (Wildman–Crippen MR) is 129 cm³/mol. The number of nitrogens with one attached hydrogen (secondary N) is 1. The third-order valence-corrected chi connectivity index (χ3v) is 7.70. The van der Waals surface area contributed by atoms with Crippen LogP contribution < -0.4 is 11.1 Å². The Morgan fingerprint density at radius 3 is 2.23 bits per heavy atom. The number of carboxylic acid groups (broad SMARTS) is 1. The zero-order chi connectivity index (χ0) is 21.9. The highest BCUT2D eigenvalue weighted by Gasteiger charge is 2.24. The maximum Gasteiger partial charge on any atom is 0.326 e. The van der Waals surface area contributed by atoms with Gasteiger partial charge in [-0.15, -0.1) is 58.1 Å². The molecule has 0 radical (unpaired) electrons. The highest BCUT2D eigenvalue weighted by atomic mass is 35.5. The van der Waals surface area contributed by atoms with Crippen LogP contribution in [-0.4, -0.2) is 52.3 Å². The number of thiophene rings is 1. The monoisotopic (exact) mass is 506 g/mol. The van der Waals surface area contributed by atoms with Crippen LogP contribution in [0.5, 0.6) is 0 Å². The van der Waals surface area contributed by atoms with E-state index in [1.807, 2.05) is 29.6 Å². The van der Waals surface area contributed by atoms with E-state index in [0.29, 0.717) is 18.2 Å². The summed E-state index contributed by atoms with van der Waals surface area (Å²) in [4.78, 5) is 27.1. The van der Waals surface area contributed by atoms with Gasteiger partial charge in [-0.1, -0.05) is 6.07 Å². The number of rotatable bonds is 13. The summed E-state index contributed by atoms with van der Waals surface area (Å²) in [6, 6.07) is 7.89. The Balaban J connectivity index is 2.05. The van der Waals surface area contributed by atoms with Gasteiger partial charge in [-0.05, 0) is 41.6 Å². The number of alkyl halides is 2. The van der Waals surface area contributed by atoms with Crippen molar-refractivity contribution in [2.45, 2.75) is 34.7 Å². The molecule has 10 heteroatoms. The zero-order valence-corrected chi connectivity index (χ0v) is 20.1. The van der Waals surface area contributed by atoms with Crippen LogP contribution in [0.1, 0.15) is 10.4 Å². The minimum Gasteiger partial charge on any atom is -0.480 e. The van der Waals surface area contributed by atoms with Crippen molar-refractivity contribution < 1.29 is 14.7 Å². The van der Waals surface area contributed by atoms with Gasteiger partial charge in [0.2, 0.25) is 5.91 Å². The number of benzene rings is 1. The Bertz CT molecular complexity index is 795. The van der Waals surface area contributed by atoms with Crippen molar-refractivity contribution in [2.75, 3.05) is 23.3 Å². The lowest BCUT2D eigenvalue weighted by Gasteiger charge is -2.18. The minimum absolute atomic E-state index is 0.231. The van der Waals surface area contributed by atoms with Crippen molar-refractivity contribution in [2.24, 2.45) is 5.73 Å². The molecule has 0 aliphatic rings. The first kappa shape index (κ1) is 25.4. The number of amides is 1. The number of hydrogen-bond acceptors (Lipinski definition) is 6. The molecule has 0 aliphatic carbocycles. The van der Waals surface area contributed by atoms with Gasteiger partial charge in [-0.2, -0.15) is 0 Å². The number of nitrogens with two attached hydrogens (primary N) is 1. The maximum atomic E-state index is 12.6. The molecule has 4 N–H and O–H groups in total. The predicted octanol–water partition coefficient (Wildman–Crippen LogP) is 4.09. The first-order valence-corrected chi connectivity index (χ1v) is 13.2. The molecule has 0 aliphatic heterocycles. The second-order valence-corrected chi connectivity index (χ2v) is 10.5. The SMILES string of the molecule is N[C@@H](Cc1cc(SCCCl)cc(SCCCl)c1)C(=O)NC(Cc1cccs1)C(=O)O. The highest BCUT2D eigenvalue weighted by Crippen LogP contribution is 2.28. The van der Waals surface area contributed by atoms with Gasteiger partial charge in [-0.25, -0.2) is 4.79 Å². The van der Waals surface area contributed by atoms with Crippen LogP contribution >= 0.6 is 58.1 Å². The fourth-order valence-electron chi connectivity index (χ4n) is 2.68. The normalized spacial score (nSPS) is 13.0. The van der Waals surface area contributed by atoms with Gasteiger partial charge in [0, 0.05) is 44.4 Å². The Kier molecular flexibility index (Phi) is 11.4. The van der Waals surface area contributed by atoms with Crippen LogP contribution in [0.3, 0.4) is 0 Å². The molecular formula is C20H24Cl2N2O3S3. The van der Waals surface area contributed by atoms with E-state index in [4.69, 9.17) is 28.9 Å². The van der Waals surface area contributed by atoms with E-state index in [9.17, 15) is 14.7 Å². The van der Waals surface area contributed by atoms with Gasteiger partial charge in [0.15, 0.2) is 0 Å². The summed E-state index contributed by atoms with van der Waals surface area (Å²) < 4.78 is 0. The van der Waals surface area contributed by atoms with E-state index in [2.05, 4.69) is 11.4 Å². The Hall–Kier alpha value is -0.900. The molecule has 0 saturated carbocycles. The Morgan fingerprint density at radius 1 is 1.10 bits per heavy atom. The number of carbonyl (C=O) groups excluding carboxylic acids is 1. The number of aliphatic carboxylic acids is 1. The molecule has 2 rings (SSSR count). The third kappa shape index (κ3) is 8.69. The van der Waals surface area contributed by atoms with Gasteiger partial charge >= 0.3 is 5.97 Å². The number of thioether (sulfide) groups is 2. The molecule has 0 spiro atoms. The van der Waals surface area contributed by atoms with Crippen LogP contribution in [0.4, 0.5) is 0 Å². The van der Waals surface area contributed by atoms with Gasteiger partial charge in [0.05, 0.1) is 6.04 Å². The lowest BCUT2D eigenvalue weighted by atomic mass is 10.1. The molecular weight excluding hydrogens is 483 g/mol. The van der Waals surface area contributed by atoms with Crippen LogP contribution in [0.25, 0.3) is 0 Å². The molecule has 2 atom stereocenters. The number of carboxylic acids is 1. The van der Waals surface area contributed by atoms with Gasteiger partial charge in [-0.3, -0.25) is 4.79 Å². The van der Waals surface area contributed by atoms with E-state index in [-0.39, 0.29) is 6.42 Å². The molecule has 1 aromatic heterocycles. The summed E-state index contributed by atoms with van der Waals surface area (Å²) in [5.41, 5.74) is 7.03. The van der Waals surface area contributed by atoms with E-state index in [0.717, 1.165) is 31.7 Å². The van der Waals surface area contributed by atoms with Crippen molar-refractivity contribution in [1.82, 2.24) is 5.32 Å². The molecule has 0 fully saturated rings. The van der Waals surface area contributed by atoms with Crippen LogP contribution in [0, 0.1) is 0 Å². The summed E-state index contributed by atoms with van der Waals surface area (Å²) in [6.07, 6.45) is 0.538. The van der Waals surface area contributed by atoms with Crippen molar-refractivity contribution in [3.8, 4) is 0 Å². The molecule has 1 amide bonds. The van der Waals surface area contributed by atoms with Crippen molar-refractivity contribution >= 4 is 69.9 Å². The molecule has 0 bridgehead atoms. The van der Waals surface area contributed by atoms with Gasteiger partial charge < -0.3 is 16.2 Å². The molecule has 1 heterocycles. The lowest BCUT2D eigenvalue weighted by Crippen LogP contribution is -2.50. The summed E-state index contributed by atoms with van der Waals surface area (Å²) in [6.45, 7) is 0. The summed E-state index contributed by atoms with van der Waals surface area (Å²) in [7, 11) is 0. The summed E-state index contributed by atoms with van der Waals surface area (Å²) in [5, 5.41) is 13.9. The number of halogens is 2. The van der Waals surface area contributed by atoms with Crippen LogP contribution in [-0.2, 0) is 22.4 Å². The second-order valence-electron chi connectivity index (χ2n) is 6.38. The second kappa shape index (κ2) is 13.5. The fourth-order valence-corrected chi connectivity index (χ4v) is 5.49. The lowest BCUT2D eigenvalue weighted by molar-refractivity contribution is -0.141. The molecule has 1 aromatic carbocycles. The van der Waals surface area contributed by atoms with Crippen LogP contribution in [0.15, 0.2) is 45.5 Å². The average molecular weight is 508 g/mol. The Morgan fingerprint density at radius 2 is 1.73 bits per heavy atom. The quantitative estimate of drug-likeness (QED) is 0.279. The molecule has 30 heavy (non-hydrogen) atoms. The molecule has 5 nitrogen and oxygen atoms in total. The largest absolute Gasteiger partial charge is 0.480 e. The first-order chi connectivity index (χ1) is 14.4. The maximum absolute atomic E-state index is 12.6. The average Bonchev–Trinajstić information content (AvgIpc) is 3.23. The zero-order valence-electron chi connectivity index (χ0n) is 16.2. The van der Waals surface area contributed by atoms with Gasteiger partial charge in [0.1, 0.15) is 6.04 Å². The number of hydrogen-bond donors (Lipinski definition) is 3. The smallest absolute Gasteiger partial charge is 0.326 e. The Labute approximate surface area is 199 Å². The molecule has 2 aromatic rings. The fraction of sp³-hybridized carbons (Fsp3) is 0.400. The number of carbonyl (C=O) groups is 2. The van der Waals surface area contributed by atoms with Gasteiger partial charge in [0.25, 0.3) is 0 Å². The first-order valence-electron chi connectivity index (χ1n) is 9.25. The third-order valence-electron chi connectivity index (χ3n) is 4.02. The highest BCUT2D eigenvalue weighted by molar-refractivity contribution is 8.00. The molecule has 164 valence electrons. The van der Waals surface area contributed by atoms with Crippen LogP contribution in [0.2, 0.25) is 0 Å². The summed E-state index contributed by atoms with van der Waals surface area (Å²) in [5.74, 6) is 1.08. The minimum atomic E-state index is -1.08. The van der Waals surface area contributed by atoms with Crippen molar-refractivity contribution in [3.63, 3.8) is 0 Å². The van der Waals surface area contributed by atoms with E-state index >= 15 is 0 Å². The topological polar surface area (TPSA) is 92.4 Å². The molecule has 0 saturated heterocycles. The standard InChI is InChI=1S/C20H24Cl2N2O3S3/c21-3-6-29-15-8-13(9-16(11-15)30-7-4-22)10-17(23)19(25)24-18(20(26)27)12-14-2-1-5-28-14/h1-2,5,8-9,11,17-18H,3-4,6-7,10,12,23H2,(H,24,25)(H,26,27)/t17-,18?/m0/s1. The van der Waals surface area contributed by atoms with E-state index in [1.54, 1.807) is 23.5 Å². The van der Waals surface area contributed by atoms with Crippen molar-refractivity contribution in [3.05, 3.63) is 46.2 Å². The van der Waals surface area contributed by atoms with E-state index in [1.165, 1.54) is 11.3 Å². The van der Waals surface area contributed by atoms with Crippen molar-refractivity contribution in [1.29, 1.82) is 0 Å². The van der Waals surface area contributed by atoms with E-state index < -0.39 is 24.0 Å². The summed E-state index contributed by atoms with van der Waals surface area (Å²) >= 11 is 16.3. The molecule has 1 unspecified atom stereocenters.